The van der Waals surface area contributed by atoms with Gasteiger partial charge in [0.25, 0.3) is 5.69 Å². The van der Waals surface area contributed by atoms with Crippen LogP contribution in [0.4, 0.5) is 11.4 Å². The highest BCUT2D eigenvalue weighted by Crippen LogP contribution is 2.28. The standard InChI is InChI=1S/C11H15N3O5/c12-8(11(16)17)2-1-5-13-9-6-7(15)3-4-10(9)14(18)19/h3-4,6,8,13,15H,1-2,5,12H2,(H,16,17)/t8-/m1/s1. The maximum absolute atomic E-state index is 10.7. The van der Waals surface area contributed by atoms with Gasteiger partial charge in [-0.15, -0.1) is 0 Å². The number of hydrogen-bond acceptors (Lipinski definition) is 6. The van der Waals surface area contributed by atoms with Gasteiger partial charge >= 0.3 is 5.97 Å². The molecule has 0 unspecified atom stereocenters. The van der Waals surface area contributed by atoms with Crippen LogP contribution in [0.25, 0.3) is 0 Å². The lowest BCUT2D eigenvalue weighted by atomic mass is 10.1. The molecule has 0 bridgehead atoms. The number of nitrogens with two attached hydrogens (primary N) is 1. The van der Waals surface area contributed by atoms with Gasteiger partial charge in [-0.3, -0.25) is 14.9 Å². The van der Waals surface area contributed by atoms with Crippen LogP contribution in [-0.4, -0.2) is 33.7 Å². The Morgan fingerprint density at radius 2 is 2.21 bits per heavy atom. The average molecular weight is 269 g/mol. The van der Waals surface area contributed by atoms with Crippen LogP contribution in [0.5, 0.6) is 5.75 Å². The fourth-order valence-electron chi connectivity index (χ4n) is 1.49. The van der Waals surface area contributed by atoms with Crippen LogP contribution in [0.1, 0.15) is 12.8 Å². The topological polar surface area (TPSA) is 139 Å². The summed E-state index contributed by atoms with van der Waals surface area (Å²) in [6.45, 7) is 0.325. The molecule has 1 aromatic rings. The van der Waals surface area contributed by atoms with E-state index in [-0.39, 0.29) is 23.5 Å². The minimum absolute atomic E-state index is 0.0877. The van der Waals surface area contributed by atoms with E-state index >= 15 is 0 Å². The van der Waals surface area contributed by atoms with E-state index < -0.39 is 16.9 Å². The van der Waals surface area contributed by atoms with Crippen LogP contribution in [0.3, 0.4) is 0 Å². The van der Waals surface area contributed by atoms with Gasteiger partial charge in [0.05, 0.1) is 4.92 Å². The smallest absolute Gasteiger partial charge is 0.320 e. The Balaban J connectivity index is 2.55. The molecule has 0 amide bonds. The Hall–Kier alpha value is -2.35. The number of nitro groups is 1. The van der Waals surface area contributed by atoms with E-state index in [4.69, 9.17) is 10.8 Å². The van der Waals surface area contributed by atoms with Crippen LogP contribution < -0.4 is 11.1 Å². The Bertz CT molecular complexity index is 477. The minimum Gasteiger partial charge on any atom is -0.508 e. The molecule has 8 nitrogen and oxygen atoms in total. The number of anilines is 1. The number of phenolic OH excluding ortho intramolecular Hbond substituents is 1. The zero-order valence-corrected chi connectivity index (χ0v) is 10.1. The van der Waals surface area contributed by atoms with Gasteiger partial charge in [0.1, 0.15) is 17.5 Å². The number of benzene rings is 1. The fourth-order valence-corrected chi connectivity index (χ4v) is 1.49. The second-order valence-electron chi connectivity index (χ2n) is 3.97. The summed E-state index contributed by atoms with van der Waals surface area (Å²) in [6, 6.07) is 2.72. The van der Waals surface area contributed by atoms with Crippen molar-refractivity contribution in [3.63, 3.8) is 0 Å². The average Bonchev–Trinajstić information content (AvgIpc) is 2.33. The van der Waals surface area contributed by atoms with Crippen LogP contribution in [-0.2, 0) is 4.79 Å². The molecule has 104 valence electrons. The van der Waals surface area contributed by atoms with Crippen molar-refractivity contribution in [2.75, 3.05) is 11.9 Å². The molecule has 5 N–H and O–H groups in total. The van der Waals surface area contributed by atoms with E-state index in [9.17, 15) is 20.0 Å². The molecule has 0 aliphatic heterocycles. The van der Waals surface area contributed by atoms with E-state index in [0.717, 1.165) is 0 Å². The summed E-state index contributed by atoms with van der Waals surface area (Å²) in [4.78, 5) is 20.7. The largest absolute Gasteiger partial charge is 0.508 e. The molecular weight excluding hydrogens is 254 g/mol. The molecule has 1 rings (SSSR count). The molecule has 0 saturated heterocycles. The van der Waals surface area contributed by atoms with Gasteiger partial charge in [0.15, 0.2) is 0 Å². The lowest BCUT2D eigenvalue weighted by Crippen LogP contribution is -2.30. The van der Waals surface area contributed by atoms with Crippen LogP contribution in [0.2, 0.25) is 0 Å². The van der Waals surface area contributed by atoms with Gasteiger partial charge < -0.3 is 21.3 Å². The monoisotopic (exact) mass is 269 g/mol. The fraction of sp³-hybridized carbons (Fsp3) is 0.364. The summed E-state index contributed by atoms with van der Waals surface area (Å²) in [5.74, 6) is -1.17. The number of phenols is 1. The lowest BCUT2D eigenvalue weighted by molar-refractivity contribution is -0.384. The number of carboxylic acid groups (broad SMARTS) is 1. The van der Waals surface area contributed by atoms with Crippen molar-refractivity contribution in [3.8, 4) is 5.75 Å². The van der Waals surface area contributed by atoms with Crippen LogP contribution in [0, 0.1) is 10.1 Å². The highest BCUT2D eigenvalue weighted by Gasteiger charge is 2.14. The molecule has 0 radical (unpaired) electrons. The number of aromatic hydroxyl groups is 1. The third-order valence-corrected chi connectivity index (χ3v) is 2.50. The van der Waals surface area contributed by atoms with Crippen LogP contribution in [0.15, 0.2) is 18.2 Å². The number of nitrogens with one attached hydrogen (secondary N) is 1. The maximum atomic E-state index is 10.7. The van der Waals surface area contributed by atoms with Gasteiger partial charge in [-0.25, -0.2) is 0 Å². The molecule has 1 aromatic carbocycles. The molecular formula is C11H15N3O5. The molecule has 0 aromatic heterocycles. The molecule has 0 heterocycles. The number of hydrogen-bond donors (Lipinski definition) is 4. The van der Waals surface area contributed by atoms with E-state index in [1.165, 1.54) is 18.2 Å². The Morgan fingerprint density at radius 1 is 1.53 bits per heavy atom. The molecule has 0 saturated carbocycles. The van der Waals surface area contributed by atoms with Crippen molar-refractivity contribution < 1.29 is 19.9 Å². The summed E-state index contributed by atoms with van der Waals surface area (Å²) in [7, 11) is 0. The number of carbonyl (C=O) groups is 1. The van der Waals surface area contributed by atoms with Crippen molar-refractivity contribution in [1.29, 1.82) is 0 Å². The number of aliphatic carboxylic acids is 1. The minimum atomic E-state index is -1.08. The molecule has 0 aliphatic carbocycles. The van der Waals surface area contributed by atoms with Crippen molar-refractivity contribution in [3.05, 3.63) is 28.3 Å². The van der Waals surface area contributed by atoms with E-state index in [0.29, 0.717) is 13.0 Å². The van der Waals surface area contributed by atoms with Crippen molar-refractivity contribution in [2.24, 2.45) is 5.73 Å². The first-order valence-electron chi connectivity index (χ1n) is 5.61. The van der Waals surface area contributed by atoms with E-state index in [2.05, 4.69) is 5.32 Å². The number of carboxylic acids is 1. The normalized spacial score (nSPS) is 11.8. The quantitative estimate of drug-likeness (QED) is 0.327. The number of nitrogens with zero attached hydrogens (tertiary/aromatic N) is 1. The molecule has 0 aliphatic rings. The maximum Gasteiger partial charge on any atom is 0.320 e. The Labute approximate surface area is 109 Å². The molecule has 0 spiro atoms. The van der Waals surface area contributed by atoms with E-state index in [1.807, 2.05) is 0 Å². The summed E-state index contributed by atoms with van der Waals surface area (Å²) >= 11 is 0. The predicted octanol–water partition coefficient (Wildman–Crippen LogP) is 0.904. The van der Waals surface area contributed by atoms with Gasteiger partial charge in [0.2, 0.25) is 0 Å². The molecule has 8 heteroatoms. The van der Waals surface area contributed by atoms with Crippen molar-refractivity contribution in [1.82, 2.24) is 0 Å². The number of rotatable bonds is 7. The highest BCUT2D eigenvalue weighted by molar-refractivity contribution is 5.73. The molecule has 0 fully saturated rings. The first-order chi connectivity index (χ1) is 8.91. The third-order valence-electron chi connectivity index (χ3n) is 2.50. The Morgan fingerprint density at radius 3 is 2.79 bits per heavy atom. The second-order valence-corrected chi connectivity index (χ2v) is 3.97. The first kappa shape index (κ1) is 14.7. The molecule has 19 heavy (non-hydrogen) atoms. The van der Waals surface area contributed by atoms with Gasteiger partial charge in [-0.1, -0.05) is 0 Å². The zero-order valence-electron chi connectivity index (χ0n) is 10.1. The SMILES string of the molecule is N[C@H](CCCNc1cc(O)ccc1[N+](=O)[O-])C(=O)O. The van der Waals surface area contributed by atoms with Crippen molar-refractivity contribution >= 4 is 17.3 Å². The molecule has 1 atom stereocenters. The summed E-state index contributed by atoms with van der Waals surface area (Å²) < 4.78 is 0. The van der Waals surface area contributed by atoms with Crippen LogP contribution >= 0.6 is 0 Å². The van der Waals surface area contributed by atoms with E-state index in [1.54, 1.807) is 0 Å². The van der Waals surface area contributed by atoms with Gasteiger partial charge in [0, 0.05) is 18.7 Å². The van der Waals surface area contributed by atoms with Gasteiger partial charge in [-0.05, 0) is 18.9 Å². The zero-order chi connectivity index (χ0) is 14.4. The third kappa shape index (κ3) is 4.43. The lowest BCUT2D eigenvalue weighted by Gasteiger charge is -2.09. The summed E-state index contributed by atoms with van der Waals surface area (Å²) in [5, 5.41) is 31.4. The number of nitro benzene ring substituents is 1. The first-order valence-corrected chi connectivity index (χ1v) is 5.61. The summed E-state index contributed by atoms with van der Waals surface area (Å²) in [6.07, 6.45) is 0.704. The van der Waals surface area contributed by atoms with Crippen molar-refractivity contribution in [2.45, 2.75) is 18.9 Å². The Kier molecular flexibility index (Phi) is 5.07. The second kappa shape index (κ2) is 6.55. The predicted molar refractivity (Wildman–Crippen MR) is 68.1 cm³/mol. The van der Waals surface area contributed by atoms with Gasteiger partial charge in [-0.2, -0.15) is 0 Å². The highest BCUT2D eigenvalue weighted by atomic mass is 16.6. The summed E-state index contributed by atoms with van der Waals surface area (Å²) in [5.41, 5.74) is 5.36.